The van der Waals surface area contributed by atoms with Crippen LogP contribution in [0.1, 0.15) is 30.9 Å². The van der Waals surface area contributed by atoms with Crippen LogP contribution in [0.5, 0.6) is 0 Å². The number of hydrogen-bond donors (Lipinski definition) is 2. The molecule has 1 saturated heterocycles. The molecule has 1 unspecified atom stereocenters. The first-order valence-corrected chi connectivity index (χ1v) is 8.52. The van der Waals surface area contributed by atoms with Gasteiger partial charge >= 0.3 is 6.18 Å². The zero-order valence-corrected chi connectivity index (χ0v) is 14.2. The van der Waals surface area contributed by atoms with Gasteiger partial charge in [0.25, 0.3) is 0 Å². The van der Waals surface area contributed by atoms with Gasteiger partial charge in [0.15, 0.2) is 0 Å². The predicted octanol–water partition coefficient (Wildman–Crippen LogP) is 3.65. The number of alkyl halides is 3. The summed E-state index contributed by atoms with van der Waals surface area (Å²) in [6.07, 6.45) is -0.416. The summed E-state index contributed by atoms with van der Waals surface area (Å²) in [7, 11) is 0. The smallest absolute Gasteiger partial charge is 0.328 e. The van der Waals surface area contributed by atoms with Gasteiger partial charge in [-0.05, 0) is 56.5 Å². The van der Waals surface area contributed by atoms with Crippen molar-refractivity contribution < 1.29 is 13.2 Å². The fourth-order valence-corrected chi connectivity index (χ4v) is 3.38. The number of halogens is 3. The molecule has 1 aliphatic heterocycles. The van der Waals surface area contributed by atoms with Crippen molar-refractivity contribution in [3.8, 4) is 11.3 Å². The molecule has 0 radical (unpaired) electrons. The second kappa shape index (κ2) is 7.17. The first kappa shape index (κ1) is 17.9. The molecule has 1 aromatic carbocycles. The molecule has 1 aromatic heterocycles. The van der Waals surface area contributed by atoms with Crippen LogP contribution >= 0.6 is 0 Å². The Morgan fingerprint density at radius 1 is 1.24 bits per heavy atom. The molecule has 2 heterocycles. The maximum Gasteiger partial charge on any atom is 0.416 e. The number of piperidine rings is 1. The maximum absolute atomic E-state index is 12.7. The molecule has 1 atom stereocenters. The SMILES string of the molecule is CC(N)C1CCN(Cc2cn[nH]c2-c2ccc(C(F)(F)F)cc2)CC1. The summed E-state index contributed by atoms with van der Waals surface area (Å²) in [5.41, 5.74) is 7.83. The van der Waals surface area contributed by atoms with Crippen molar-refractivity contribution in [2.75, 3.05) is 13.1 Å². The molecule has 0 saturated carbocycles. The number of hydrogen-bond acceptors (Lipinski definition) is 3. The Labute approximate surface area is 145 Å². The zero-order chi connectivity index (χ0) is 18.0. The van der Waals surface area contributed by atoms with Gasteiger partial charge in [-0.25, -0.2) is 0 Å². The molecule has 0 bridgehead atoms. The number of likely N-dealkylation sites (tertiary alicyclic amines) is 1. The summed E-state index contributed by atoms with van der Waals surface area (Å²) in [5.74, 6) is 0.565. The molecule has 0 amide bonds. The largest absolute Gasteiger partial charge is 0.416 e. The van der Waals surface area contributed by atoms with E-state index < -0.39 is 11.7 Å². The number of nitrogens with zero attached hydrogens (tertiary/aromatic N) is 2. The highest BCUT2D eigenvalue weighted by atomic mass is 19.4. The molecule has 0 spiro atoms. The van der Waals surface area contributed by atoms with Crippen LogP contribution in [0, 0.1) is 5.92 Å². The van der Waals surface area contributed by atoms with Crippen LogP contribution in [0.2, 0.25) is 0 Å². The summed E-state index contributed by atoms with van der Waals surface area (Å²) >= 11 is 0. The Kier molecular flexibility index (Phi) is 5.15. The number of aromatic amines is 1. The third-order valence-corrected chi connectivity index (χ3v) is 4.99. The van der Waals surface area contributed by atoms with Crippen LogP contribution in [-0.4, -0.2) is 34.2 Å². The van der Waals surface area contributed by atoms with Gasteiger partial charge in [0.1, 0.15) is 0 Å². The van der Waals surface area contributed by atoms with Crippen molar-refractivity contribution in [2.24, 2.45) is 11.7 Å². The number of H-pyrrole nitrogens is 1. The van der Waals surface area contributed by atoms with Crippen molar-refractivity contribution in [3.63, 3.8) is 0 Å². The van der Waals surface area contributed by atoms with E-state index in [-0.39, 0.29) is 6.04 Å². The van der Waals surface area contributed by atoms with Gasteiger partial charge in [-0.2, -0.15) is 18.3 Å². The fraction of sp³-hybridized carbons (Fsp3) is 0.500. The number of benzene rings is 1. The molecule has 136 valence electrons. The van der Waals surface area contributed by atoms with E-state index in [0.29, 0.717) is 11.5 Å². The van der Waals surface area contributed by atoms with Gasteiger partial charge in [0.05, 0.1) is 17.5 Å². The summed E-state index contributed by atoms with van der Waals surface area (Å²) in [6.45, 7) is 4.74. The normalized spacial score (nSPS) is 18.4. The van der Waals surface area contributed by atoms with Crippen LogP contribution in [0.15, 0.2) is 30.5 Å². The van der Waals surface area contributed by atoms with Gasteiger partial charge < -0.3 is 5.73 Å². The third kappa shape index (κ3) is 4.22. The average molecular weight is 352 g/mol. The fourth-order valence-electron chi connectivity index (χ4n) is 3.38. The summed E-state index contributed by atoms with van der Waals surface area (Å²) in [6, 6.07) is 5.41. The maximum atomic E-state index is 12.7. The van der Waals surface area contributed by atoms with Crippen LogP contribution in [0.25, 0.3) is 11.3 Å². The summed E-state index contributed by atoms with van der Waals surface area (Å²) in [4.78, 5) is 2.34. The van der Waals surface area contributed by atoms with E-state index in [0.717, 1.165) is 55.9 Å². The Morgan fingerprint density at radius 2 is 1.88 bits per heavy atom. The van der Waals surface area contributed by atoms with Gasteiger partial charge in [-0.1, -0.05) is 12.1 Å². The van der Waals surface area contributed by atoms with E-state index in [1.165, 1.54) is 12.1 Å². The third-order valence-electron chi connectivity index (χ3n) is 4.99. The van der Waals surface area contributed by atoms with E-state index >= 15 is 0 Å². The van der Waals surface area contributed by atoms with Crippen molar-refractivity contribution >= 4 is 0 Å². The first-order chi connectivity index (χ1) is 11.8. The van der Waals surface area contributed by atoms with E-state index in [4.69, 9.17) is 5.73 Å². The van der Waals surface area contributed by atoms with Crippen LogP contribution in [-0.2, 0) is 12.7 Å². The highest BCUT2D eigenvalue weighted by Crippen LogP contribution is 2.31. The van der Waals surface area contributed by atoms with E-state index in [1.807, 2.05) is 0 Å². The Hall–Kier alpha value is -1.86. The molecular formula is C18H23F3N4. The number of rotatable bonds is 4. The lowest BCUT2D eigenvalue weighted by atomic mass is 9.91. The highest BCUT2D eigenvalue weighted by Gasteiger charge is 2.30. The lowest BCUT2D eigenvalue weighted by Gasteiger charge is -2.33. The van der Waals surface area contributed by atoms with Crippen molar-refractivity contribution in [1.82, 2.24) is 15.1 Å². The first-order valence-electron chi connectivity index (χ1n) is 8.52. The van der Waals surface area contributed by atoms with Crippen LogP contribution in [0.3, 0.4) is 0 Å². The molecular weight excluding hydrogens is 329 g/mol. The molecule has 0 aliphatic carbocycles. The number of nitrogens with two attached hydrogens (primary N) is 1. The minimum Gasteiger partial charge on any atom is -0.328 e. The number of aromatic nitrogens is 2. The quantitative estimate of drug-likeness (QED) is 0.883. The Balaban J connectivity index is 1.69. The standard InChI is InChI=1S/C18H23F3N4/c1-12(22)13-6-8-25(9-7-13)11-15-10-23-24-17(15)14-2-4-16(5-3-14)18(19,20)21/h2-5,10,12-13H,6-9,11,22H2,1H3,(H,23,24). The van der Waals surface area contributed by atoms with Gasteiger partial charge in [-0.15, -0.1) is 0 Å². The van der Waals surface area contributed by atoms with Crippen LogP contribution in [0.4, 0.5) is 13.2 Å². The monoisotopic (exact) mass is 352 g/mol. The zero-order valence-electron chi connectivity index (χ0n) is 14.2. The minimum absolute atomic E-state index is 0.221. The topological polar surface area (TPSA) is 57.9 Å². The highest BCUT2D eigenvalue weighted by molar-refractivity contribution is 5.63. The van der Waals surface area contributed by atoms with Gasteiger partial charge in [0, 0.05) is 18.2 Å². The van der Waals surface area contributed by atoms with Gasteiger partial charge in [-0.3, -0.25) is 10.00 Å². The van der Waals surface area contributed by atoms with Crippen LogP contribution < -0.4 is 5.73 Å². The number of nitrogens with one attached hydrogen (secondary N) is 1. The molecule has 25 heavy (non-hydrogen) atoms. The second-order valence-electron chi connectivity index (χ2n) is 6.82. The average Bonchev–Trinajstić information content (AvgIpc) is 3.03. The minimum atomic E-state index is -4.32. The lowest BCUT2D eigenvalue weighted by Crippen LogP contribution is -2.39. The predicted molar refractivity (Wildman–Crippen MR) is 90.7 cm³/mol. The Bertz CT molecular complexity index is 683. The molecule has 2 aromatic rings. The Morgan fingerprint density at radius 3 is 2.44 bits per heavy atom. The molecule has 1 fully saturated rings. The van der Waals surface area contributed by atoms with Crippen molar-refractivity contribution in [1.29, 1.82) is 0 Å². The molecule has 7 heteroatoms. The van der Waals surface area contributed by atoms with Crippen molar-refractivity contribution in [2.45, 2.75) is 38.5 Å². The lowest BCUT2D eigenvalue weighted by molar-refractivity contribution is -0.137. The molecule has 3 rings (SSSR count). The van der Waals surface area contributed by atoms with E-state index in [9.17, 15) is 13.2 Å². The van der Waals surface area contributed by atoms with E-state index in [1.54, 1.807) is 6.20 Å². The van der Waals surface area contributed by atoms with Crippen molar-refractivity contribution in [3.05, 3.63) is 41.6 Å². The second-order valence-corrected chi connectivity index (χ2v) is 6.82. The molecule has 3 N–H and O–H groups in total. The summed E-state index contributed by atoms with van der Waals surface area (Å²) in [5, 5.41) is 7.00. The molecule has 1 aliphatic rings. The van der Waals surface area contributed by atoms with Gasteiger partial charge in [0.2, 0.25) is 0 Å². The molecule has 4 nitrogen and oxygen atoms in total. The summed E-state index contributed by atoms with van der Waals surface area (Å²) < 4.78 is 38.1. The van der Waals surface area contributed by atoms with E-state index in [2.05, 4.69) is 22.0 Å².